The molecule has 20 atom stereocenters. The van der Waals surface area contributed by atoms with E-state index < -0.39 is 200 Å². The minimum atomic E-state index is -4.71. The third-order valence-corrected chi connectivity index (χ3v) is 18.1. The lowest BCUT2D eigenvalue weighted by molar-refractivity contribution is -0.303. The molecule has 3 rings (SSSR count). The lowest BCUT2D eigenvalue weighted by atomic mass is 9.80. The van der Waals surface area contributed by atoms with Crippen molar-refractivity contribution in [3.63, 3.8) is 0 Å². The molecule has 0 spiro atoms. The third-order valence-electron chi connectivity index (χ3n) is 14.7. The van der Waals surface area contributed by atoms with Crippen molar-refractivity contribution < 1.29 is 162 Å². The normalized spacial score (nSPS) is 23.4. The fraction of sp³-hybridized carbons (Fsp3) is 0.754. The van der Waals surface area contributed by atoms with Gasteiger partial charge in [-0.15, -0.1) is 5.10 Å². The van der Waals surface area contributed by atoms with Gasteiger partial charge in [0.2, 0.25) is 29.4 Å². The standard InChI is InChI=1S/C16H28N2O8.C15H26O8.C9H15N3O.C9H17NO7S2.C6H12NO5P.C6H11NO5S/c1-4-10(21)13(23)14-12(18-9(3)20)11(22)5-16(25,26-14)15(24)17-6-8(2)7-19;1-8(6-16)3-9(18)4-10-11(19)5-15(2,22)23-14(10)13(21)12(20)7-17;1-3-4-12-6-9(10-11-12)5-8(2)7-13;1-7(6-11)5-10-9(12)8(19(15,16)17)3-4-18(2,13)14;2*1-5(3-8)2-7-6(9)4-13(10,11)12/h7-8,10-14,21-23,25H,4-6H2,1-3H3,(H,17,24)(H,18,20);6,8,10-14,17,19-22H,3-5,7H2,1-2H3;6-8H,3-5H2,1-2H3;6-8H,2-5H2,1H3,(H,10,12)(H,13,14)(H,15,16,17);3,5H,2,4H2,1H3,(H,7,9)(H2,10,11,12);3,5H,2,4H2,1H3,(H,7,9)(H,10,11,12). The molecule has 1 aromatic rings. The summed E-state index contributed by atoms with van der Waals surface area (Å²) in [6.07, 6.45) is -5.59. The minimum absolute atomic E-state index is 0.00547. The Kier molecular flexibility index (Phi) is 50.2. The summed E-state index contributed by atoms with van der Waals surface area (Å²) >= 11 is 0. The van der Waals surface area contributed by atoms with Crippen LogP contribution in [0, 0.1) is 41.4 Å². The highest BCUT2D eigenvalue weighted by Crippen LogP contribution is 2.37. The molecule has 2 aliphatic heterocycles. The molecule has 620 valence electrons. The van der Waals surface area contributed by atoms with E-state index in [1.54, 1.807) is 34.6 Å². The second kappa shape index (κ2) is 51.2. The predicted molar refractivity (Wildman–Crippen MR) is 377 cm³/mol. The first-order valence-corrected chi connectivity index (χ1v) is 39.9. The number of aryl methyl sites for hydroxylation is 1. The van der Waals surface area contributed by atoms with Gasteiger partial charge in [-0.25, -0.2) is 4.21 Å². The van der Waals surface area contributed by atoms with Crippen LogP contribution in [0.25, 0.3) is 0 Å². The fourth-order valence-corrected chi connectivity index (χ4v) is 11.4. The number of carbonyl (C=O) groups is 12. The Morgan fingerprint density at radius 2 is 1.18 bits per heavy atom. The Morgan fingerprint density at radius 3 is 1.61 bits per heavy atom. The number of aldehydes is 6. The Labute approximate surface area is 620 Å². The second-order valence-electron chi connectivity index (χ2n) is 25.9. The number of hydrogen-bond acceptors (Lipinski definition) is 31. The smallest absolute Gasteiger partial charge is 0.334 e. The van der Waals surface area contributed by atoms with Gasteiger partial charge in [0, 0.05) is 125 Å². The highest BCUT2D eigenvalue weighted by atomic mass is 32.2. The maximum Gasteiger partial charge on any atom is 0.334 e. The molecule has 0 aliphatic carbocycles. The third kappa shape index (κ3) is 47.4. The minimum Gasteiger partial charge on any atom is -0.394 e. The molecule has 0 aromatic carbocycles. The summed E-state index contributed by atoms with van der Waals surface area (Å²) in [7, 11) is -16.7. The number of amides is 5. The molecule has 20 unspecified atom stereocenters. The maximum absolute atomic E-state index is 12.3. The first kappa shape index (κ1) is 105. The van der Waals surface area contributed by atoms with Crippen LogP contribution in [0.5, 0.6) is 0 Å². The van der Waals surface area contributed by atoms with Gasteiger partial charge in [0.05, 0.1) is 52.6 Å². The van der Waals surface area contributed by atoms with E-state index in [-0.39, 0.29) is 75.4 Å². The van der Waals surface area contributed by atoms with Crippen molar-refractivity contribution >= 4 is 117 Å². The van der Waals surface area contributed by atoms with Crippen LogP contribution in [0.3, 0.4) is 0 Å². The molecule has 5 amide bonds. The average Bonchev–Trinajstić information content (AvgIpc) is 1.49. The van der Waals surface area contributed by atoms with E-state index in [0.717, 1.165) is 24.9 Å². The van der Waals surface area contributed by atoms with Gasteiger partial charge in [-0.2, -0.15) is 16.8 Å². The zero-order valence-electron chi connectivity index (χ0n) is 61.0. The van der Waals surface area contributed by atoms with Crippen molar-refractivity contribution in [2.24, 2.45) is 41.4 Å². The van der Waals surface area contributed by atoms with E-state index in [1.165, 1.54) is 20.8 Å². The van der Waals surface area contributed by atoms with E-state index >= 15 is 0 Å². The van der Waals surface area contributed by atoms with E-state index in [9.17, 15) is 124 Å². The van der Waals surface area contributed by atoms with Crippen LogP contribution in [-0.4, -0.2) is 306 Å². The Hall–Kier alpha value is -6.31. The number of aromatic nitrogens is 3. The highest BCUT2D eigenvalue weighted by molar-refractivity contribution is 7.95. The fourth-order valence-electron chi connectivity index (χ4n) is 8.94. The number of carbonyl (C=O) groups excluding carboxylic acids is 12. The molecule has 0 bridgehead atoms. The van der Waals surface area contributed by atoms with Crippen LogP contribution in [0.4, 0.5) is 0 Å². The largest absolute Gasteiger partial charge is 0.394 e. The zero-order chi connectivity index (χ0) is 83.8. The molecule has 107 heavy (non-hydrogen) atoms. The molecular formula is C61H109N8O34PS3. The SMILES string of the molecule is C=S(=O)(O)CCC(C(=O)NCC(C)C=O)S(=O)(=O)O.CC(C=O)CC(=O)CC1C(O)CC(C)(O)OC1C(O)C(O)CO.CC(C=O)CNC(=O)CP(=O)(O)O.CC(C=O)CNC(=O)CS(=O)(=O)O.CCC(O)C(O)C1OC(O)(C(=O)NCC(C)C=O)CC(O)C1NC(C)=O.CCCn1cc(CC(C)C=O)nn1. The van der Waals surface area contributed by atoms with Gasteiger partial charge in [-0.05, 0) is 32.1 Å². The summed E-state index contributed by atoms with van der Waals surface area (Å²) in [4.78, 5) is 148. The van der Waals surface area contributed by atoms with Crippen LogP contribution in [0.2, 0.25) is 0 Å². The Balaban J connectivity index is -0.00000124. The van der Waals surface area contributed by atoms with Gasteiger partial charge in [-0.3, -0.25) is 47.1 Å². The molecule has 2 aliphatic rings. The first-order valence-electron chi connectivity index (χ1n) is 33.1. The van der Waals surface area contributed by atoms with Gasteiger partial charge in [0.15, 0.2) is 16.8 Å². The number of ketones is 1. The van der Waals surface area contributed by atoms with Crippen LogP contribution in [0.15, 0.2) is 6.20 Å². The van der Waals surface area contributed by atoms with E-state index in [1.807, 2.05) is 17.8 Å². The molecule has 1 aromatic heterocycles. The van der Waals surface area contributed by atoms with E-state index in [2.05, 4.69) is 49.7 Å². The number of ether oxygens (including phenoxy) is 2. The summed E-state index contributed by atoms with van der Waals surface area (Å²) in [5.41, 5.74) is 0.896. The molecular weight excluding hydrogens is 1520 g/mol. The van der Waals surface area contributed by atoms with Gasteiger partial charge >= 0.3 is 7.60 Å². The van der Waals surface area contributed by atoms with Crippen molar-refractivity contribution in [1.29, 1.82) is 0 Å². The average molecular weight is 1630 g/mol. The topological polar surface area (TPSA) is 700 Å². The quantitative estimate of drug-likeness (QED) is 0.0126. The lowest BCUT2D eigenvalue weighted by Gasteiger charge is -2.45. The number of rotatable bonds is 39. The molecule has 0 saturated carbocycles. The number of aliphatic hydroxyl groups excluding tert-OH is 7. The summed E-state index contributed by atoms with van der Waals surface area (Å²) < 4.78 is 102. The lowest BCUT2D eigenvalue weighted by Crippen LogP contribution is -2.68. The summed E-state index contributed by atoms with van der Waals surface area (Å²) in [5.74, 6) is -10.3. The molecule has 46 heteroatoms. The monoisotopic (exact) mass is 1620 g/mol. The summed E-state index contributed by atoms with van der Waals surface area (Å²) in [6, 6.07) is -1.13. The van der Waals surface area contributed by atoms with Crippen molar-refractivity contribution in [1.82, 2.24) is 41.6 Å². The number of aliphatic hydroxyl groups is 9. The Morgan fingerprint density at radius 1 is 0.701 bits per heavy atom. The van der Waals surface area contributed by atoms with Crippen molar-refractivity contribution in [3.05, 3.63) is 11.9 Å². The number of nitrogens with zero attached hydrogens (tertiary/aromatic N) is 3. The van der Waals surface area contributed by atoms with E-state index in [4.69, 9.17) is 38.0 Å². The van der Waals surface area contributed by atoms with Gasteiger partial charge in [0.1, 0.15) is 74.1 Å². The molecule has 2 saturated heterocycles. The maximum atomic E-state index is 12.3. The van der Waals surface area contributed by atoms with Gasteiger partial charge in [-0.1, -0.05) is 60.6 Å². The summed E-state index contributed by atoms with van der Waals surface area (Å²) in [5, 5.41) is 107. The van der Waals surface area contributed by atoms with Crippen molar-refractivity contribution in [2.45, 2.75) is 199 Å². The molecule has 2 fully saturated rings. The van der Waals surface area contributed by atoms with Crippen molar-refractivity contribution in [3.8, 4) is 0 Å². The van der Waals surface area contributed by atoms with Crippen LogP contribution in [-0.2, 0) is 115 Å². The van der Waals surface area contributed by atoms with Crippen LogP contribution in [0.1, 0.15) is 120 Å². The zero-order valence-corrected chi connectivity index (χ0v) is 64.4. The number of Topliss-reactive ketones (excluding diaryl/α,β-unsaturated/α-hetero) is 1. The molecule has 0 radical (unpaired) electrons. The van der Waals surface area contributed by atoms with Gasteiger partial charge in [0.25, 0.3) is 26.1 Å². The van der Waals surface area contributed by atoms with Crippen molar-refractivity contribution in [2.75, 3.05) is 50.5 Å². The Bertz CT molecular complexity index is 3350. The molecule has 3 heterocycles. The van der Waals surface area contributed by atoms with Crippen LogP contribution >= 0.6 is 7.60 Å². The van der Waals surface area contributed by atoms with Gasteiger partial charge < -0.3 is 125 Å². The summed E-state index contributed by atoms with van der Waals surface area (Å²) in [6.45, 7) is 16.1. The molecule has 19 N–H and O–H groups in total. The number of hydrogen-bond donors (Lipinski definition) is 19. The first-order chi connectivity index (χ1) is 49.1. The van der Waals surface area contributed by atoms with Crippen LogP contribution < -0.4 is 26.6 Å². The predicted octanol–water partition coefficient (Wildman–Crippen LogP) is -6.45. The highest BCUT2D eigenvalue weighted by Gasteiger charge is 2.54. The number of nitrogens with one attached hydrogen (secondary N) is 5. The molecule has 42 nitrogen and oxygen atoms in total. The second-order valence-corrected chi connectivity index (χ2v) is 32.6. The van der Waals surface area contributed by atoms with E-state index in [0.29, 0.717) is 37.9 Å².